The molecule has 0 fully saturated rings. The molecule has 0 spiro atoms. The van der Waals surface area contributed by atoms with E-state index in [1.54, 1.807) is 0 Å². The molecule has 0 aliphatic heterocycles. The normalized spacial score (nSPS) is 17.1. The van der Waals surface area contributed by atoms with Crippen LogP contribution in [0.15, 0.2) is 0 Å². The van der Waals surface area contributed by atoms with Crippen molar-refractivity contribution in [1.82, 2.24) is 0 Å². The third-order valence-corrected chi connectivity index (χ3v) is 4.25. The van der Waals surface area contributed by atoms with Gasteiger partial charge in [-0.1, -0.05) is 20.8 Å². The van der Waals surface area contributed by atoms with E-state index < -0.39 is 0 Å². The average Bonchev–Trinajstić information content (AvgIpc) is 2.21. The lowest BCUT2D eigenvalue weighted by Gasteiger charge is -2.35. The van der Waals surface area contributed by atoms with Gasteiger partial charge in [-0.3, -0.25) is 0 Å². The SMILES string of the molecule is CC(COC(C)C(C)(C)CCOC(C)(C)C)C(C)(C)N. The van der Waals surface area contributed by atoms with E-state index in [1.807, 2.05) is 13.8 Å². The summed E-state index contributed by atoms with van der Waals surface area (Å²) >= 11 is 0. The van der Waals surface area contributed by atoms with Crippen LogP contribution in [0.3, 0.4) is 0 Å². The minimum Gasteiger partial charge on any atom is -0.378 e. The van der Waals surface area contributed by atoms with Gasteiger partial charge in [0.25, 0.3) is 0 Å². The van der Waals surface area contributed by atoms with Crippen LogP contribution in [0.5, 0.6) is 0 Å². The summed E-state index contributed by atoms with van der Waals surface area (Å²) in [4.78, 5) is 0. The maximum atomic E-state index is 6.10. The molecule has 20 heavy (non-hydrogen) atoms. The molecule has 0 radical (unpaired) electrons. The van der Waals surface area contributed by atoms with Crippen LogP contribution in [-0.2, 0) is 9.47 Å². The average molecular weight is 287 g/mol. The topological polar surface area (TPSA) is 44.5 Å². The molecule has 0 aromatic carbocycles. The monoisotopic (exact) mass is 287 g/mol. The Kier molecular flexibility index (Phi) is 7.19. The fraction of sp³-hybridized carbons (Fsp3) is 1.00. The van der Waals surface area contributed by atoms with E-state index >= 15 is 0 Å². The molecule has 0 bridgehead atoms. The summed E-state index contributed by atoms with van der Waals surface area (Å²) < 4.78 is 11.9. The van der Waals surface area contributed by atoms with Crippen molar-refractivity contribution in [2.24, 2.45) is 17.1 Å². The number of hydrogen-bond donors (Lipinski definition) is 1. The molecule has 0 heterocycles. The van der Waals surface area contributed by atoms with Crippen LogP contribution in [0.25, 0.3) is 0 Å². The van der Waals surface area contributed by atoms with Crippen molar-refractivity contribution >= 4 is 0 Å². The molecule has 0 amide bonds. The molecular formula is C17H37NO2. The van der Waals surface area contributed by atoms with Gasteiger partial charge in [-0.2, -0.15) is 0 Å². The van der Waals surface area contributed by atoms with Gasteiger partial charge in [-0.05, 0) is 59.3 Å². The molecule has 2 atom stereocenters. The van der Waals surface area contributed by atoms with Gasteiger partial charge >= 0.3 is 0 Å². The molecule has 0 aromatic rings. The first kappa shape index (κ1) is 19.9. The second kappa shape index (κ2) is 7.24. The van der Waals surface area contributed by atoms with Crippen molar-refractivity contribution in [3.05, 3.63) is 0 Å². The number of nitrogens with two attached hydrogens (primary N) is 1. The first-order chi connectivity index (χ1) is 8.76. The highest BCUT2D eigenvalue weighted by Crippen LogP contribution is 2.29. The number of hydrogen-bond acceptors (Lipinski definition) is 3. The van der Waals surface area contributed by atoms with Crippen molar-refractivity contribution in [2.45, 2.75) is 86.0 Å². The second-order valence-electron chi connectivity index (χ2n) is 8.40. The van der Waals surface area contributed by atoms with Crippen LogP contribution in [-0.4, -0.2) is 30.5 Å². The van der Waals surface area contributed by atoms with E-state index in [2.05, 4.69) is 48.5 Å². The molecule has 3 nitrogen and oxygen atoms in total. The Balaban J connectivity index is 4.21. The Bertz CT molecular complexity index is 274. The summed E-state index contributed by atoms with van der Waals surface area (Å²) in [5, 5.41) is 0. The molecule has 0 saturated carbocycles. The molecule has 0 aromatic heterocycles. The highest BCUT2D eigenvalue weighted by Gasteiger charge is 2.29. The van der Waals surface area contributed by atoms with Crippen molar-refractivity contribution < 1.29 is 9.47 Å². The summed E-state index contributed by atoms with van der Waals surface area (Å²) in [6.45, 7) is 20.6. The van der Waals surface area contributed by atoms with Crippen LogP contribution in [0.2, 0.25) is 0 Å². The summed E-state index contributed by atoms with van der Waals surface area (Å²) in [6.07, 6.45) is 1.18. The zero-order valence-corrected chi connectivity index (χ0v) is 15.2. The van der Waals surface area contributed by atoms with Crippen molar-refractivity contribution in [1.29, 1.82) is 0 Å². The maximum Gasteiger partial charge on any atom is 0.0598 e. The van der Waals surface area contributed by atoms with E-state index in [9.17, 15) is 0 Å². The van der Waals surface area contributed by atoms with Gasteiger partial charge in [-0.15, -0.1) is 0 Å². The molecule has 0 aliphatic carbocycles. The molecule has 122 valence electrons. The van der Waals surface area contributed by atoms with Crippen LogP contribution in [0.1, 0.15) is 68.7 Å². The Labute approximate surface area is 126 Å². The smallest absolute Gasteiger partial charge is 0.0598 e. The summed E-state index contributed by atoms with van der Waals surface area (Å²) in [5.41, 5.74) is 5.94. The standard InChI is InChI=1S/C17H37NO2/c1-13(17(8,9)18)12-19-14(2)16(6,7)10-11-20-15(3,4)5/h13-14H,10-12,18H2,1-9H3. The Morgan fingerprint density at radius 3 is 1.85 bits per heavy atom. The van der Waals surface area contributed by atoms with Gasteiger partial charge in [0.15, 0.2) is 0 Å². The lowest BCUT2D eigenvalue weighted by atomic mass is 9.84. The molecule has 0 aliphatic rings. The van der Waals surface area contributed by atoms with Gasteiger partial charge in [0.05, 0.1) is 18.3 Å². The lowest BCUT2D eigenvalue weighted by Crippen LogP contribution is -2.43. The Hall–Kier alpha value is -0.120. The quantitative estimate of drug-likeness (QED) is 0.734. The molecule has 2 N–H and O–H groups in total. The van der Waals surface area contributed by atoms with Crippen LogP contribution < -0.4 is 5.73 Å². The minimum absolute atomic E-state index is 0.0712. The second-order valence-corrected chi connectivity index (χ2v) is 8.40. The van der Waals surface area contributed by atoms with E-state index in [0.29, 0.717) is 12.5 Å². The molecule has 0 rings (SSSR count). The molecule has 3 heteroatoms. The molecule has 2 unspecified atom stereocenters. The van der Waals surface area contributed by atoms with Gasteiger partial charge in [0.1, 0.15) is 0 Å². The third kappa shape index (κ3) is 8.23. The van der Waals surface area contributed by atoms with Gasteiger partial charge in [-0.25, -0.2) is 0 Å². The fourth-order valence-electron chi connectivity index (χ4n) is 1.55. The first-order valence-electron chi connectivity index (χ1n) is 7.80. The number of rotatable bonds is 8. The Morgan fingerprint density at radius 2 is 1.45 bits per heavy atom. The van der Waals surface area contributed by atoms with Crippen molar-refractivity contribution in [2.75, 3.05) is 13.2 Å². The van der Waals surface area contributed by atoms with Crippen LogP contribution in [0, 0.1) is 11.3 Å². The zero-order valence-electron chi connectivity index (χ0n) is 15.2. The van der Waals surface area contributed by atoms with E-state index in [1.165, 1.54) is 0 Å². The summed E-state index contributed by atoms with van der Waals surface area (Å²) in [7, 11) is 0. The maximum absolute atomic E-state index is 6.10. The highest BCUT2D eigenvalue weighted by atomic mass is 16.5. The predicted molar refractivity (Wildman–Crippen MR) is 86.9 cm³/mol. The molecule has 0 saturated heterocycles. The van der Waals surface area contributed by atoms with Gasteiger partial charge < -0.3 is 15.2 Å². The van der Waals surface area contributed by atoms with Crippen molar-refractivity contribution in [3.8, 4) is 0 Å². The fourth-order valence-corrected chi connectivity index (χ4v) is 1.55. The predicted octanol–water partition coefficient (Wildman–Crippen LogP) is 4.00. The largest absolute Gasteiger partial charge is 0.378 e. The third-order valence-electron chi connectivity index (χ3n) is 4.25. The summed E-state index contributed by atoms with van der Waals surface area (Å²) in [5.74, 6) is 0.339. The summed E-state index contributed by atoms with van der Waals surface area (Å²) in [6, 6.07) is 0. The van der Waals surface area contributed by atoms with Crippen LogP contribution in [0.4, 0.5) is 0 Å². The van der Waals surface area contributed by atoms with E-state index in [-0.39, 0.29) is 22.7 Å². The lowest BCUT2D eigenvalue weighted by molar-refractivity contribution is -0.0640. The molecular weight excluding hydrogens is 250 g/mol. The zero-order chi connectivity index (χ0) is 16.2. The van der Waals surface area contributed by atoms with E-state index in [4.69, 9.17) is 15.2 Å². The Morgan fingerprint density at radius 1 is 0.950 bits per heavy atom. The van der Waals surface area contributed by atoms with Crippen molar-refractivity contribution in [3.63, 3.8) is 0 Å². The highest BCUT2D eigenvalue weighted by molar-refractivity contribution is 4.81. The van der Waals surface area contributed by atoms with Gasteiger partial charge in [0, 0.05) is 12.1 Å². The number of ether oxygens (including phenoxy) is 2. The minimum atomic E-state index is -0.195. The van der Waals surface area contributed by atoms with Gasteiger partial charge in [0.2, 0.25) is 0 Å². The van der Waals surface area contributed by atoms with E-state index in [0.717, 1.165) is 13.0 Å². The van der Waals surface area contributed by atoms with Crippen LogP contribution >= 0.6 is 0 Å². The first-order valence-corrected chi connectivity index (χ1v) is 7.80.